The number of benzene rings is 1. The fourth-order valence-electron chi connectivity index (χ4n) is 2.19. The summed E-state index contributed by atoms with van der Waals surface area (Å²) in [6, 6.07) is 9.84. The molecule has 3 heteroatoms. The molecule has 0 aliphatic heterocycles. The van der Waals surface area contributed by atoms with Crippen molar-refractivity contribution >= 4 is 5.97 Å². The quantitative estimate of drug-likeness (QED) is 0.788. The Kier molecular flexibility index (Phi) is 5.35. The van der Waals surface area contributed by atoms with Crippen molar-refractivity contribution in [2.75, 3.05) is 6.61 Å². The standard InChI is InChI=1S/C15H23NO2/c1-4-18-14(17)15(16,10-12(2)3)11-13-8-6-5-7-9-13/h5-9,12H,4,10-11,16H2,1-3H3/t15-/m0/s1. The summed E-state index contributed by atoms with van der Waals surface area (Å²) in [5, 5.41) is 0. The number of carbonyl (C=O) groups is 1. The Bertz CT molecular complexity index is 375. The minimum absolute atomic E-state index is 0.303. The first kappa shape index (κ1) is 14.7. The molecule has 1 rings (SSSR count). The highest BCUT2D eigenvalue weighted by Crippen LogP contribution is 2.21. The molecule has 1 aromatic carbocycles. The first-order valence-corrected chi connectivity index (χ1v) is 6.48. The Morgan fingerprint density at radius 3 is 2.44 bits per heavy atom. The van der Waals surface area contributed by atoms with Crippen LogP contribution in [0.2, 0.25) is 0 Å². The number of ether oxygens (including phenoxy) is 1. The van der Waals surface area contributed by atoms with Gasteiger partial charge in [0.2, 0.25) is 0 Å². The lowest BCUT2D eigenvalue weighted by atomic mass is 9.84. The van der Waals surface area contributed by atoms with Gasteiger partial charge in [0.1, 0.15) is 5.54 Å². The summed E-state index contributed by atoms with van der Waals surface area (Å²) in [7, 11) is 0. The molecule has 100 valence electrons. The van der Waals surface area contributed by atoms with Crippen LogP contribution in [0.4, 0.5) is 0 Å². The minimum atomic E-state index is -0.925. The maximum absolute atomic E-state index is 12.1. The summed E-state index contributed by atoms with van der Waals surface area (Å²) in [5.41, 5.74) is 6.42. The van der Waals surface area contributed by atoms with Gasteiger partial charge in [0.15, 0.2) is 0 Å². The lowest BCUT2D eigenvalue weighted by Crippen LogP contribution is -2.52. The molecule has 0 spiro atoms. The van der Waals surface area contributed by atoms with Crippen molar-refractivity contribution in [3.8, 4) is 0 Å². The van der Waals surface area contributed by atoms with E-state index in [9.17, 15) is 4.79 Å². The summed E-state index contributed by atoms with van der Waals surface area (Å²) in [4.78, 5) is 12.1. The van der Waals surface area contributed by atoms with Crippen LogP contribution in [0.5, 0.6) is 0 Å². The largest absolute Gasteiger partial charge is 0.465 e. The van der Waals surface area contributed by atoms with Gasteiger partial charge in [-0.05, 0) is 24.8 Å². The van der Waals surface area contributed by atoms with E-state index in [1.165, 1.54) is 0 Å². The van der Waals surface area contributed by atoms with Crippen LogP contribution >= 0.6 is 0 Å². The van der Waals surface area contributed by atoms with Crippen LogP contribution in [0, 0.1) is 5.92 Å². The van der Waals surface area contributed by atoms with Gasteiger partial charge in [-0.15, -0.1) is 0 Å². The summed E-state index contributed by atoms with van der Waals surface area (Å²) in [6.07, 6.45) is 1.14. The molecule has 0 unspecified atom stereocenters. The average Bonchev–Trinajstić information content (AvgIpc) is 2.29. The van der Waals surface area contributed by atoms with Crippen LogP contribution in [0.3, 0.4) is 0 Å². The van der Waals surface area contributed by atoms with Crippen LogP contribution in [0.1, 0.15) is 32.8 Å². The van der Waals surface area contributed by atoms with E-state index in [1.54, 1.807) is 6.92 Å². The summed E-state index contributed by atoms with van der Waals surface area (Å²) in [5.74, 6) is 0.0469. The highest BCUT2D eigenvalue weighted by Gasteiger charge is 2.36. The topological polar surface area (TPSA) is 52.3 Å². The van der Waals surface area contributed by atoms with E-state index in [0.717, 1.165) is 5.56 Å². The van der Waals surface area contributed by atoms with Gasteiger partial charge in [-0.1, -0.05) is 44.2 Å². The van der Waals surface area contributed by atoms with E-state index < -0.39 is 5.54 Å². The van der Waals surface area contributed by atoms with Gasteiger partial charge >= 0.3 is 5.97 Å². The highest BCUT2D eigenvalue weighted by molar-refractivity contribution is 5.81. The second-order valence-electron chi connectivity index (χ2n) is 5.14. The lowest BCUT2D eigenvalue weighted by molar-refractivity contribution is -0.150. The summed E-state index contributed by atoms with van der Waals surface area (Å²) in [6.45, 7) is 6.29. The predicted octanol–water partition coefficient (Wildman–Crippen LogP) is 2.54. The van der Waals surface area contributed by atoms with Crippen LogP contribution in [0.25, 0.3) is 0 Å². The van der Waals surface area contributed by atoms with E-state index >= 15 is 0 Å². The van der Waals surface area contributed by atoms with Crippen LogP contribution < -0.4 is 5.73 Å². The SMILES string of the molecule is CCOC(=O)[C@@](N)(Cc1ccccc1)CC(C)C. The van der Waals surface area contributed by atoms with Gasteiger partial charge in [0.05, 0.1) is 6.61 Å². The molecule has 0 aliphatic rings. The number of esters is 1. The van der Waals surface area contributed by atoms with Gasteiger partial charge in [0, 0.05) is 6.42 Å². The molecular formula is C15H23NO2. The molecule has 0 aliphatic carbocycles. The Labute approximate surface area is 109 Å². The zero-order chi connectivity index (χ0) is 13.6. The number of nitrogens with two attached hydrogens (primary N) is 1. The molecule has 0 radical (unpaired) electrons. The molecule has 0 fully saturated rings. The molecule has 0 aromatic heterocycles. The van der Waals surface area contributed by atoms with E-state index in [4.69, 9.17) is 10.5 Å². The minimum Gasteiger partial charge on any atom is -0.465 e. The third kappa shape index (κ3) is 4.15. The van der Waals surface area contributed by atoms with Crippen LogP contribution in [-0.2, 0) is 16.0 Å². The molecule has 0 amide bonds. The fraction of sp³-hybridized carbons (Fsp3) is 0.533. The van der Waals surface area contributed by atoms with Crippen molar-refractivity contribution in [1.82, 2.24) is 0 Å². The smallest absolute Gasteiger partial charge is 0.326 e. The van der Waals surface area contributed by atoms with Gasteiger partial charge in [0.25, 0.3) is 0 Å². The molecule has 1 aromatic rings. The van der Waals surface area contributed by atoms with Gasteiger partial charge in [-0.2, -0.15) is 0 Å². The van der Waals surface area contributed by atoms with Gasteiger partial charge in [-0.3, -0.25) is 4.79 Å². The van der Waals surface area contributed by atoms with Gasteiger partial charge in [-0.25, -0.2) is 0 Å². The predicted molar refractivity (Wildman–Crippen MR) is 73.2 cm³/mol. The molecule has 3 nitrogen and oxygen atoms in total. The van der Waals surface area contributed by atoms with Crippen molar-refractivity contribution in [2.45, 2.75) is 39.2 Å². The number of hydrogen-bond acceptors (Lipinski definition) is 3. The first-order chi connectivity index (χ1) is 8.48. The van der Waals surface area contributed by atoms with Crippen molar-refractivity contribution in [2.24, 2.45) is 11.7 Å². The van der Waals surface area contributed by atoms with E-state index in [0.29, 0.717) is 25.4 Å². The van der Waals surface area contributed by atoms with Crippen LogP contribution in [-0.4, -0.2) is 18.1 Å². The highest BCUT2D eigenvalue weighted by atomic mass is 16.5. The molecule has 18 heavy (non-hydrogen) atoms. The van der Waals surface area contributed by atoms with E-state index in [-0.39, 0.29) is 5.97 Å². The van der Waals surface area contributed by atoms with Crippen molar-refractivity contribution in [3.05, 3.63) is 35.9 Å². The zero-order valence-corrected chi connectivity index (χ0v) is 11.5. The molecule has 0 saturated carbocycles. The Morgan fingerprint density at radius 1 is 1.33 bits per heavy atom. The number of hydrogen-bond donors (Lipinski definition) is 1. The third-order valence-electron chi connectivity index (χ3n) is 2.82. The third-order valence-corrected chi connectivity index (χ3v) is 2.82. The lowest BCUT2D eigenvalue weighted by Gasteiger charge is -2.29. The molecule has 0 saturated heterocycles. The Hall–Kier alpha value is -1.35. The molecular weight excluding hydrogens is 226 g/mol. The first-order valence-electron chi connectivity index (χ1n) is 6.48. The Balaban J connectivity index is 2.87. The van der Waals surface area contributed by atoms with Crippen molar-refractivity contribution < 1.29 is 9.53 Å². The van der Waals surface area contributed by atoms with E-state index in [2.05, 4.69) is 13.8 Å². The van der Waals surface area contributed by atoms with Crippen LogP contribution in [0.15, 0.2) is 30.3 Å². The number of rotatable bonds is 6. The maximum atomic E-state index is 12.1. The average molecular weight is 249 g/mol. The molecule has 0 heterocycles. The fourth-order valence-corrected chi connectivity index (χ4v) is 2.19. The second-order valence-corrected chi connectivity index (χ2v) is 5.14. The summed E-state index contributed by atoms with van der Waals surface area (Å²) < 4.78 is 5.12. The van der Waals surface area contributed by atoms with Crippen molar-refractivity contribution in [3.63, 3.8) is 0 Å². The number of carbonyl (C=O) groups excluding carboxylic acids is 1. The zero-order valence-electron chi connectivity index (χ0n) is 11.5. The normalized spacial score (nSPS) is 14.3. The maximum Gasteiger partial charge on any atom is 0.326 e. The molecule has 2 N–H and O–H groups in total. The Morgan fingerprint density at radius 2 is 1.94 bits per heavy atom. The van der Waals surface area contributed by atoms with Gasteiger partial charge < -0.3 is 10.5 Å². The molecule has 1 atom stereocenters. The monoisotopic (exact) mass is 249 g/mol. The second kappa shape index (κ2) is 6.55. The van der Waals surface area contributed by atoms with E-state index in [1.807, 2.05) is 30.3 Å². The van der Waals surface area contributed by atoms with Crippen molar-refractivity contribution in [1.29, 1.82) is 0 Å². The summed E-state index contributed by atoms with van der Waals surface area (Å²) >= 11 is 0. The molecule has 0 bridgehead atoms.